The van der Waals surface area contributed by atoms with E-state index in [0.717, 1.165) is 0 Å². The van der Waals surface area contributed by atoms with Gasteiger partial charge in [0.15, 0.2) is 0 Å². The molecule has 0 bridgehead atoms. The van der Waals surface area contributed by atoms with E-state index in [4.69, 9.17) is 0 Å². The van der Waals surface area contributed by atoms with Gasteiger partial charge in [0, 0.05) is 24.7 Å². The van der Waals surface area contributed by atoms with Gasteiger partial charge in [0.25, 0.3) is 0 Å². The molecule has 0 aliphatic carbocycles. The number of nitrogens with zero attached hydrogens (tertiary/aromatic N) is 2. The standard InChI is InChI=1S/C8H10N2O2/c1-2-12-8(11)4-7-10-6-3-5-9-10/h3-7H,2H2,1H3. The predicted molar refractivity (Wildman–Crippen MR) is 44.2 cm³/mol. The van der Waals surface area contributed by atoms with Crippen LogP contribution in [0.1, 0.15) is 6.92 Å². The molecule has 1 heterocycles. The summed E-state index contributed by atoms with van der Waals surface area (Å²) >= 11 is 0. The Kier molecular flexibility index (Phi) is 3.07. The van der Waals surface area contributed by atoms with Crippen molar-refractivity contribution in [3.05, 3.63) is 24.5 Å². The zero-order valence-corrected chi connectivity index (χ0v) is 6.80. The van der Waals surface area contributed by atoms with Crippen LogP contribution in [0.3, 0.4) is 0 Å². The zero-order valence-electron chi connectivity index (χ0n) is 6.80. The van der Waals surface area contributed by atoms with Crippen molar-refractivity contribution in [1.29, 1.82) is 0 Å². The van der Waals surface area contributed by atoms with Crippen LogP contribution in [0.25, 0.3) is 6.20 Å². The van der Waals surface area contributed by atoms with Crippen LogP contribution < -0.4 is 0 Å². The average molecular weight is 166 g/mol. The highest BCUT2D eigenvalue weighted by molar-refractivity contribution is 5.84. The maximum atomic E-state index is 10.8. The summed E-state index contributed by atoms with van der Waals surface area (Å²) in [4.78, 5) is 10.8. The van der Waals surface area contributed by atoms with Crippen LogP contribution in [0.4, 0.5) is 0 Å². The molecule has 0 saturated carbocycles. The van der Waals surface area contributed by atoms with Gasteiger partial charge in [-0.1, -0.05) is 0 Å². The van der Waals surface area contributed by atoms with Gasteiger partial charge in [-0.3, -0.25) is 0 Å². The van der Waals surface area contributed by atoms with E-state index >= 15 is 0 Å². The number of esters is 1. The SMILES string of the molecule is CCOC(=O)C=Cn1cccn1. The molecule has 0 radical (unpaired) electrons. The number of rotatable bonds is 3. The molecule has 0 atom stereocenters. The Balaban J connectivity index is 2.45. The molecule has 0 aliphatic heterocycles. The van der Waals surface area contributed by atoms with Gasteiger partial charge in [-0.25, -0.2) is 9.48 Å². The second-order valence-electron chi connectivity index (χ2n) is 2.05. The Morgan fingerprint density at radius 3 is 3.17 bits per heavy atom. The van der Waals surface area contributed by atoms with Crippen molar-refractivity contribution in [2.45, 2.75) is 6.92 Å². The lowest BCUT2D eigenvalue weighted by molar-refractivity contribution is -0.137. The van der Waals surface area contributed by atoms with E-state index in [1.54, 1.807) is 25.4 Å². The van der Waals surface area contributed by atoms with Crippen LogP contribution >= 0.6 is 0 Å². The first-order valence-corrected chi connectivity index (χ1v) is 3.67. The van der Waals surface area contributed by atoms with Gasteiger partial charge in [0.2, 0.25) is 0 Å². The number of hydrogen-bond acceptors (Lipinski definition) is 3. The number of carbonyl (C=O) groups is 1. The third kappa shape index (κ3) is 2.57. The summed E-state index contributed by atoms with van der Waals surface area (Å²) in [5.41, 5.74) is 0. The largest absolute Gasteiger partial charge is 0.463 e. The molecule has 64 valence electrons. The van der Waals surface area contributed by atoms with Crippen LogP contribution in [0, 0.1) is 0 Å². The van der Waals surface area contributed by atoms with Crippen molar-refractivity contribution in [2.24, 2.45) is 0 Å². The molecule has 0 fully saturated rings. The number of aromatic nitrogens is 2. The minimum Gasteiger partial charge on any atom is -0.463 e. The highest BCUT2D eigenvalue weighted by atomic mass is 16.5. The Morgan fingerprint density at radius 1 is 1.75 bits per heavy atom. The number of ether oxygens (including phenoxy) is 1. The van der Waals surface area contributed by atoms with Crippen LogP contribution in [0.5, 0.6) is 0 Å². The van der Waals surface area contributed by atoms with Crippen molar-refractivity contribution in [1.82, 2.24) is 9.78 Å². The monoisotopic (exact) mass is 166 g/mol. The summed E-state index contributed by atoms with van der Waals surface area (Å²) in [6, 6.07) is 1.77. The third-order valence-electron chi connectivity index (χ3n) is 1.17. The van der Waals surface area contributed by atoms with Gasteiger partial charge in [-0.2, -0.15) is 5.10 Å². The van der Waals surface area contributed by atoms with Crippen molar-refractivity contribution in [2.75, 3.05) is 6.61 Å². The van der Waals surface area contributed by atoms with E-state index in [9.17, 15) is 4.79 Å². The molecule has 4 nitrogen and oxygen atoms in total. The zero-order chi connectivity index (χ0) is 8.81. The van der Waals surface area contributed by atoms with Crippen LogP contribution in [-0.4, -0.2) is 22.4 Å². The van der Waals surface area contributed by atoms with Gasteiger partial charge in [-0.05, 0) is 13.0 Å². The summed E-state index contributed by atoms with van der Waals surface area (Å²) in [5, 5.41) is 3.87. The third-order valence-corrected chi connectivity index (χ3v) is 1.17. The lowest BCUT2D eigenvalue weighted by atomic mass is 10.6. The molecule has 0 aromatic carbocycles. The minimum atomic E-state index is -0.354. The summed E-state index contributed by atoms with van der Waals surface area (Å²) in [7, 11) is 0. The summed E-state index contributed by atoms with van der Waals surface area (Å²) < 4.78 is 6.20. The summed E-state index contributed by atoms with van der Waals surface area (Å²) in [5.74, 6) is -0.354. The Morgan fingerprint density at radius 2 is 2.58 bits per heavy atom. The quantitative estimate of drug-likeness (QED) is 0.495. The fourth-order valence-electron chi connectivity index (χ4n) is 0.696. The first-order valence-electron chi connectivity index (χ1n) is 3.67. The summed E-state index contributed by atoms with van der Waals surface area (Å²) in [6.07, 6.45) is 6.24. The second-order valence-corrected chi connectivity index (χ2v) is 2.05. The van der Waals surface area contributed by atoms with Gasteiger partial charge < -0.3 is 4.74 Å². The lowest BCUT2D eigenvalue weighted by Gasteiger charge is -1.94. The van der Waals surface area contributed by atoms with E-state index in [0.29, 0.717) is 6.61 Å². The van der Waals surface area contributed by atoms with Crippen LogP contribution in [0.2, 0.25) is 0 Å². The molecule has 1 aromatic heterocycles. The Bertz CT molecular complexity index is 265. The smallest absolute Gasteiger partial charge is 0.332 e. The van der Waals surface area contributed by atoms with Crippen molar-refractivity contribution >= 4 is 12.2 Å². The van der Waals surface area contributed by atoms with Crippen LogP contribution in [0.15, 0.2) is 24.5 Å². The maximum absolute atomic E-state index is 10.8. The molecule has 1 rings (SSSR count). The molecule has 0 spiro atoms. The Labute approximate surface area is 70.4 Å². The van der Waals surface area contributed by atoms with E-state index in [2.05, 4.69) is 9.84 Å². The number of carbonyl (C=O) groups excluding carboxylic acids is 1. The van der Waals surface area contributed by atoms with E-state index < -0.39 is 0 Å². The molecule has 12 heavy (non-hydrogen) atoms. The Hall–Kier alpha value is -1.58. The topological polar surface area (TPSA) is 44.1 Å². The maximum Gasteiger partial charge on any atom is 0.332 e. The van der Waals surface area contributed by atoms with Gasteiger partial charge in [0.05, 0.1) is 6.61 Å². The molecular weight excluding hydrogens is 156 g/mol. The van der Waals surface area contributed by atoms with Gasteiger partial charge >= 0.3 is 5.97 Å². The fraction of sp³-hybridized carbons (Fsp3) is 0.250. The average Bonchev–Trinajstić information content (AvgIpc) is 2.53. The fourth-order valence-corrected chi connectivity index (χ4v) is 0.696. The molecule has 0 N–H and O–H groups in total. The van der Waals surface area contributed by atoms with Gasteiger partial charge in [0.1, 0.15) is 0 Å². The second kappa shape index (κ2) is 4.33. The molecule has 0 unspecified atom stereocenters. The minimum absolute atomic E-state index is 0.354. The normalized spacial score (nSPS) is 10.4. The molecule has 0 aliphatic rings. The first kappa shape index (κ1) is 8.52. The highest BCUT2D eigenvalue weighted by Crippen LogP contribution is 1.87. The molecule has 0 saturated heterocycles. The first-order chi connectivity index (χ1) is 5.83. The lowest BCUT2D eigenvalue weighted by Crippen LogP contribution is -1.99. The van der Waals surface area contributed by atoms with E-state index in [1.807, 2.05) is 0 Å². The molecular formula is C8H10N2O2. The summed E-state index contributed by atoms with van der Waals surface area (Å²) in [6.45, 7) is 2.15. The van der Waals surface area contributed by atoms with Crippen molar-refractivity contribution < 1.29 is 9.53 Å². The highest BCUT2D eigenvalue weighted by Gasteiger charge is 1.92. The van der Waals surface area contributed by atoms with E-state index in [-0.39, 0.29) is 5.97 Å². The predicted octanol–water partition coefficient (Wildman–Crippen LogP) is 0.917. The van der Waals surface area contributed by atoms with Gasteiger partial charge in [-0.15, -0.1) is 0 Å². The number of hydrogen-bond donors (Lipinski definition) is 0. The van der Waals surface area contributed by atoms with Crippen molar-refractivity contribution in [3.63, 3.8) is 0 Å². The molecule has 0 amide bonds. The van der Waals surface area contributed by atoms with Crippen LogP contribution in [-0.2, 0) is 9.53 Å². The van der Waals surface area contributed by atoms with E-state index in [1.165, 1.54) is 17.0 Å². The molecule has 1 aromatic rings. The van der Waals surface area contributed by atoms with Crippen molar-refractivity contribution in [3.8, 4) is 0 Å². The molecule has 4 heteroatoms.